The van der Waals surface area contributed by atoms with Gasteiger partial charge in [0, 0.05) is 5.56 Å². The fraction of sp³-hybridized carbons (Fsp3) is 0.591. The van der Waals surface area contributed by atoms with Crippen molar-refractivity contribution in [3.63, 3.8) is 0 Å². The molecule has 1 N–H and O–H groups in total. The minimum atomic E-state index is -0.877. The lowest BCUT2D eigenvalue weighted by molar-refractivity contribution is -0.132. The number of nitrogens with one attached hydrogen (secondary N) is 1. The molecule has 2 fully saturated rings. The van der Waals surface area contributed by atoms with Crippen molar-refractivity contribution in [1.82, 2.24) is 10.2 Å². The second kappa shape index (κ2) is 7.83. The number of ketones is 1. The summed E-state index contributed by atoms with van der Waals surface area (Å²) >= 11 is 0. The van der Waals surface area contributed by atoms with E-state index in [1.54, 1.807) is 12.1 Å². The zero-order valence-corrected chi connectivity index (χ0v) is 16.6. The van der Waals surface area contributed by atoms with Crippen molar-refractivity contribution in [1.29, 1.82) is 0 Å². The first kappa shape index (κ1) is 19.6. The zero-order valence-electron chi connectivity index (χ0n) is 16.6. The van der Waals surface area contributed by atoms with E-state index in [1.165, 1.54) is 12.0 Å². The van der Waals surface area contributed by atoms with Crippen LogP contribution in [0.5, 0.6) is 0 Å². The zero-order chi connectivity index (χ0) is 19.6. The summed E-state index contributed by atoms with van der Waals surface area (Å²) in [5.74, 6) is 0.125. The molecule has 1 aromatic rings. The minimum absolute atomic E-state index is 0.151. The van der Waals surface area contributed by atoms with Crippen molar-refractivity contribution in [2.24, 2.45) is 5.92 Å². The molecule has 2 aliphatic rings. The second-order valence-electron chi connectivity index (χ2n) is 8.21. The summed E-state index contributed by atoms with van der Waals surface area (Å²) in [5.41, 5.74) is 0.848. The fourth-order valence-corrected chi connectivity index (χ4v) is 4.28. The van der Waals surface area contributed by atoms with E-state index in [0.29, 0.717) is 11.5 Å². The van der Waals surface area contributed by atoms with E-state index in [9.17, 15) is 14.4 Å². The number of hydrogen-bond donors (Lipinski definition) is 1. The van der Waals surface area contributed by atoms with Gasteiger partial charge in [-0.3, -0.25) is 14.5 Å². The first-order chi connectivity index (χ1) is 12.9. The standard InChI is InChI=1S/C22H30N2O3/c1-4-15(2)16-10-12-17(13-11-16)19(25)14-24-20(26)22(3,23-21(24)27)18-8-6-5-7-9-18/h10-13,15,18H,4-9,14H2,1-3H3,(H,23,27)/t15-,22+/m1/s1. The van der Waals surface area contributed by atoms with Gasteiger partial charge in [-0.2, -0.15) is 0 Å². The number of carbonyl (C=O) groups excluding carboxylic acids is 3. The molecule has 3 amide bonds. The van der Waals surface area contributed by atoms with Crippen molar-refractivity contribution >= 4 is 17.7 Å². The Kier molecular flexibility index (Phi) is 5.68. The maximum Gasteiger partial charge on any atom is 0.325 e. The third-order valence-electron chi connectivity index (χ3n) is 6.44. The Morgan fingerprint density at radius 2 is 1.81 bits per heavy atom. The van der Waals surface area contributed by atoms with Gasteiger partial charge in [-0.25, -0.2) is 4.79 Å². The Bertz CT molecular complexity index is 722. The van der Waals surface area contributed by atoms with Gasteiger partial charge in [-0.1, -0.05) is 57.4 Å². The van der Waals surface area contributed by atoms with Crippen LogP contribution in [0.1, 0.15) is 81.1 Å². The maximum absolute atomic E-state index is 13.0. The van der Waals surface area contributed by atoms with Crippen LogP contribution in [0.25, 0.3) is 0 Å². The van der Waals surface area contributed by atoms with Gasteiger partial charge < -0.3 is 5.32 Å². The summed E-state index contributed by atoms with van der Waals surface area (Å²) in [4.78, 5) is 39.2. The lowest BCUT2D eigenvalue weighted by Gasteiger charge is -2.34. The smallest absolute Gasteiger partial charge is 0.323 e. The topological polar surface area (TPSA) is 66.5 Å². The lowest BCUT2D eigenvalue weighted by atomic mass is 9.75. The molecule has 5 nitrogen and oxygen atoms in total. The summed E-state index contributed by atoms with van der Waals surface area (Å²) in [5, 5.41) is 2.87. The van der Waals surface area contributed by atoms with E-state index in [2.05, 4.69) is 19.2 Å². The quantitative estimate of drug-likeness (QED) is 0.600. The average molecular weight is 370 g/mol. The van der Waals surface area contributed by atoms with Gasteiger partial charge in [-0.05, 0) is 43.6 Å². The molecule has 2 atom stereocenters. The molecule has 1 aliphatic heterocycles. The van der Waals surface area contributed by atoms with E-state index >= 15 is 0 Å². The summed E-state index contributed by atoms with van der Waals surface area (Å²) in [6.07, 6.45) is 6.29. The largest absolute Gasteiger partial charge is 0.325 e. The van der Waals surface area contributed by atoms with Crippen LogP contribution in [-0.2, 0) is 4.79 Å². The molecule has 1 saturated carbocycles. The van der Waals surface area contributed by atoms with E-state index in [-0.39, 0.29) is 24.2 Å². The number of rotatable bonds is 6. The molecule has 0 unspecified atom stereocenters. The molecule has 1 aliphatic carbocycles. The van der Waals surface area contributed by atoms with Crippen LogP contribution in [-0.4, -0.2) is 34.7 Å². The van der Waals surface area contributed by atoms with E-state index in [0.717, 1.165) is 37.0 Å². The SMILES string of the molecule is CC[C@@H](C)c1ccc(C(=O)CN2C(=O)N[C@@](C)(C3CCCCC3)C2=O)cc1. The highest BCUT2D eigenvalue weighted by Crippen LogP contribution is 2.36. The molecule has 1 saturated heterocycles. The van der Waals surface area contributed by atoms with Crippen LogP contribution < -0.4 is 5.32 Å². The first-order valence-corrected chi connectivity index (χ1v) is 10.1. The molecule has 0 bridgehead atoms. The monoisotopic (exact) mass is 370 g/mol. The van der Waals surface area contributed by atoms with Crippen molar-refractivity contribution in [2.45, 2.75) is 70.8 Å². The number of imide groups is 1. The Balaban J connectivity index is 1.70. The molecule has 146 valence electrons. The van der Waals surface area contributed by atoms with Crippen molar-refractivity contribution in [2.75, 3.05) is 6.54 Å². The summed E-state index contributed by atoms with van der Waals surface area (Å²) in [6, 6.07) is 7.06. The average Bonchev–Trinajstić information content (AvgIpc) is 2.92. The van der Waals surface area contributed by atoms with Crippen molar-refractivity contribution in [3.05, 3.63) is 35.4 Å². The molecule has 27 heavy (non-hydrogen) atoms. The third-order valence-corrected chi connectivity index (χ3v) is 6.44. The van der Waals surface area contributed by atoms with Crippen LogP contribution in [0, 0.1) is 5.92 Å². The van der Waals surface area contributed by atoms with Gasteiger partial charge in [0.25, 0.3) is 5.91 Å². The predicted molar refractivity (Wildman–Crippen MR) is 105 cm³/mol. The molecular formula is C22H30N2O3. The fourth-order valence-electron chi connectivity index (χ4n) is 4.28. The highest BCUT2D eigenvalue weighted by molar-refractivity contribution is 6.11. The molecule has 1 aromatic carbocycles. The number of urea groups is 1. The van der Waals surface area contributed by atoms with Gasteiger partial charge >= 0.3 is 6.03 Å². The van der Waals surface area contributed by atoms with Crippen LogP contribution in [0.2, 0.25) is 0 Å². The number of hydrogen-bond acceptors (Lipinski definition) is 3. The lowest BCUT2D eigenvalue weighted by Crippen LogP contribution is -2.51. The molecule has 0 aromatic heterocycles. The van der Waals surface area contributed by atoms with Gasteiger partial charge in [0.2, 0.25) is 0 Å². The van der Waals surface area contributed by atoms with Gasteiger partial charge in [-0.15, -0.1) is 0 Å². The normalized spacial score (nSPS) is 24.8. The van der Waals surface area contributed by atoms with Gasteiger partial charge in [0.05, 0.1) is 6.54 Å². The predicted octanol–water partition coefficient (Wildman–Crippen LogP) is 4.27. The van der Waals surface area contributed by atoms with E-state index < -0.39 is 11.6 Å². The highest BCUT2D eigenvalue weighted by atomic mass is 16.2. The Morgan fingerprint density at radius 3 is 2.41 bits per heavy atom. The molecule has 1 heterocycles. The van der Waals surface area contributed by atoms with E-state index in [1.807, 2.05) is 19.1 Å². The molecular weight excluding hydrogens is 340 g/mol. The summed E-state index contributed by atoms with van der Waals surface area (Å²) in [7, 11) is 0. The van der Waals surface area contributed by atoms with E-state index in [4.69, 9.17) is 0 Å². The van der Waals surface area contributed by atoms with Crippen LogP contribution >= 0.6 is 0 Å². The third kappa shape index (κ3) is 3.78. The molecule has 5 heteroatoms. The number of amides is 3. The maximum atomic E-state index is 13.0. The van der Waals surface area contributed by atoms with Crippen LogP contribution in [0.4, 0.5) is 4.79 Å². The Labute approximate surface area is 161 Å². The van der Waals surface area contributed by atoms with Gasteiger partial charge in [0.1, 0.15) is 5.54 Å². The summed E-state index contributed by atoms with van der Waals surface area (Å²) < 4.78 is 0. The minimum Gasteiger partial charge on any atom is -0.323 e. The Morgan fingerprint density at radius 1 is 1.19 bits per heavy atom. The van der Waals surface area contributed by atoms with Crippen LogP contribution in [0.3, 0.4) is 0 Å². The number of carbonyl (C=O) groups is 3. The first-order valence-electron chi connectivity index (χ1n) is 10.1. The van der Waals surface area contributed by atoms with Gasteiger partial charge in [0.15, 0.2) is 5.78 Å². The molecule has 3 rings (SSSR count). The number of benzene rings is 1. The number of Topliss-reactive ketones (excluding diaryl/α,β-unsaturated/α-hetero) is 1. The second-order valence-corrected chi connectivity index (χ2v) is 8.21. The van der Waals surface area contributed by atoms with Crippen molar-refractivity contribution in [3.8, 4) is 0 Å². The Hall–Kier alpha value is -2.17. The number of nitrogens with zero attached hydrogens (tertiary/aromatic N) is 1. The molecule has 0 radical (unpaired) electrons. The highest BCUT2D eigenvalue weighted by Gasteiger charge is 2.52. The molecule has 0 spiro atoms. The summed E-state index contributed by atoms with van der Waals surface area (Å²) in [6.45, 7) is 5.89. The van der Waals surface area contributed by atoms with Crippen molar-refractivity contribution < 1.29 is 14.4 Å². The van der Waals surface area contributed by atoms with Crippen LogP contribution in [0.15, 0.2) is 24.3 Å².